The van der Waals surface area contributed by atoms with Crippen molar-refractivity contribution >= 4 is 0 Å². The number of rotatable bonds is 11. The summed E-state index contributed by atoms with van der Waals surface area (Å²) in [6.45, 7) is 4.29. The molecule has 274 valence electrons. The molecule has 0 bridgehead atoms. The SMILES string of the molecule is CCCCCc1ccc(C2CCC(c3ccc(F)nc3F)CC2)c(F)c1.CCCCc1ccc(C2CCC(c3ccc(F)nc3F)CC2)c(F)c1. The van der Waals surface area contributed by atoms with Crippen molar-refractivity contribution in [3.05, 3.63) is 129 Å². The molecule has 2 nitrogen and oxygen atoms in total. The van der Waals surface area contributed by atoms with E-state index in [2.05, 4.69) is 23.8 Å². The molecule has 2 saturated carbocycles. The Kier molecular flexibility index (Phi) is 14.1. The van der Waals surface area contributed by atoms with Crippen molar-refractivity contribution in [3.8, 4) is 0 Å². The lowest BCUT2D eigenvalue weighted by atomic mass is 9.76. The van der Waals surface area contributed by atoms with Crippen molar-refractivity contribution in [1.82, 2.24) is 9.97 Å². The summed E-state index contributed by atoms with van der Waals surface area (Å²) in [6, 6.07) is 16.7. The maximum atomic E-state index is 14.6. The van der Waals surface area contributed by atoms with Gasteiger partial charge in [-0.15, -0.1) is 0 Å². The third-order valence-electron chi connectivity index (χ3n) is 10.9. The number of benzene rings is 2. The van der Waals surface area contributed by atoms with E-state index < -0.39 is 23.8 Å². The number of unbranched alkanes of at least 4 members (excludes halogenated alkanes) is 3. The molecule has 0 amide bonds. The van der Waals surface area contributed by atoms with Crippen LogP contribution in [0.25, 0.3) is 0 Å². The number of aryl methyl sites for hydroxylation is 2. The molecule has 51 heavy (non-hydrogen) atoms. The first-order chi connectivity index (χ1) is 24.7. The molecule has 0 N–H and O–H groups in total. The largest absolute Gasteiger partial charge is 0.218 e. The summed E-state index contributed by atoms with van der Waals surface area (Å²) in [5.41, 5.74) is 4.63. The van der Waals surface area contributed by atoms with Crippen LogP contribution >= 0.6 is 0 Å². The Labute approximate surface area is 299 Å². The monoisotopic (exact) mass is 708 g/mol. The molecule has 0 atom stereocenters. The molecule has 2 fully saturated rings. The minimum absolute atomic E-state index is 0.0377. The molecule has 4 aromatic rings. The number of nitrogens with zero attached hydrogens (tertiary/aromatic N) is 2. The highest BCUT2D eigenvalue weighted by Gasteiger charge is 2.29. The molecule has 2 aromatic carbocycles. The van der Waals surface area contributed by atoms with Crippen LogP contribution in [0.3, 0.4) is 0 Å². The van der Waals surface area contributed by atoms with Crippen LogP contribution in [0.5, 0.6) is 0 Å². The Bertz CT molecular complexity index is 1710. The quantitative estimate of drug-likeness (QED) is 0.0881. The van der Waals surface area contributed by atoms with Gasteiger partial charge in [0.25, 0.3) is 0 Å². The maximum absolute atomic E-state index is 14.6. The van der Waals surface area contributed by atoms with Gasteiger partial charge in [0.1, 0.15) is 11.6 Å². The Balaban J connectivity index is 0.000000198. The summed E-state index contributed by atoms with van der Waals surface area (Å²) < 4.78 is 82.7. The zero-order valence-corrected chi connectivity index (χ0v) is 29.9. The second kappa shape index (κ2) is 18.7. The topological polar surface area (TPSA) is 25.8 Å². The smallest absolute Gasteiger partial charge is 0.207 e. The minimum Gasteiger partial charge on any atom is -0.207 e. The molecule has 0 aliphatic heterocycles. The zero-order chi connectivity index (χ0) is 36.3. The molecule has 8 heteroatoms. The van der Waals surface area contributed by atoms with E-state index in [9.17, 15) is 26.3 Å². The first-order valence-electron chi connectivity index (χ1n) is 18.9. The highest BCUT2D eigenvalue weighted by molar-refractivity contribution is 5.30. The molecular formula is C43H50F6N2. The molecule has 0 unspecified atom stereocenters. The summed E-state index contributed by atoms with van der Waals surface area (Å²) in [5, 5.41) is 0. The predicted molar refractivity (Wildman–Crippen MR) is 191 cm³/mol. The van der Waals surface area contributed by atoms with Crippen molar-refractivity contribution in [3.63, 3.8) is 0 Å². The average Bonchev–Trinajstić information content (AvgIpc) is 3.12. The van der Waals surface area contributed by atoms with Crippen LogP contribution < -0.4 is 0 Å². The van der Waals surface area contributed by atoms with Gasteiger partial charge in [0.05, 0.1) is 0 Å². The summed E-state index contributed by atoms with van der Waals surface area (Å²) in [5.74, 6) is -2.82. The molecule has 0 spiro atoms. The van der Waals surface area contributed by atoms with Gasteiger partial charge in [-0.1, -0.05) is 57.4 Å². The molecule has 2 aromatic heterocycles. The highest BCUT2D eigenvalue weighted by Crippen LogP contribution is 2.43. The standard InChI is InChI=1S/C22H26F3N.C21H24F3N/c1-2-3-4-5-15-6-11-18(20(23)14-15)16-7-9-17(10-8-16)19-12-13-21(24)26-22(19)25;1-2-3-4-14-5-10-17(19(22)13-14)15-6-8-16(9-7-15)18-11-12-20(23)25-21(18)24/h6,11-14,16-17H,2-5,7-10H2,1H3;5,10-13,15-16H,2-4,6-9H2,1H3. The number of hydrogen-bond donors (Lipinski definition) is 0. The molecule has 2 aliphatic carbocycles. The first-order valence-corrected chi connectivity index (χ1v) is 18.9. The van der Waals surface area contributed by atoms with Gasteiger partial charge in [-0.25, -0.2) is 8.78 Å². The Morgan fingerprint density at radius 1 is 0.451 bits per heavy atom. The number of aromatic nitrogens is 2. The van der Waals surface area contributed by atoms with Crippen molar-refractivity contribution in [1.29, 1.82) is 0 Å². The van der Waals surface area contributed by atoms with Crippen LogP contribution in [0.1, 0.15) is 154 Å². The van der Waals surface area contributed by atoms with E-state index in [1.54, 1.807) is 12.1 Å². The zero-order valence-electron chi connectivity index (χ0n) is 29.9. The molecule has 0 saturated heterocycles. The lowest BCUT2D eigenvalue weighted by Crippen LogP contribution is -2.15. The van der Waals surface area contributed by atoms with Gasteiger partial charge in [0.15, 0.2) is 0 Å². The minimum atomic E-state index is -0.792. The molecule has 2 heterocycles. The Morgan fingerprint density at radius 2 is 0.804 bits per heavy atom. The van der Waals surface area contributed by atoms with Gasteiger partial charge < -0.3 is 0 Å². The van der Waals surface area contributed by atoms with Crippen LogP contribution in [0.2, 0.25) is 0 Å². The van der Waals surface area contributed by atoms with E-state index in [0.29, 0.717) is 11.1 Å². The van der Waals surface area contributed by atoms with Crippen molar-refractivity contribution in [2.24, 2.45) is 0 Å². The van der Waals surface area contributed by atoms with E-state index in [1.807, 2.05) is 24.3 Å². The Morgan fingerprint density at radius 3 is 1.16 bits per heavy atom. The second-order valence-electron chi connectivity index (χ2n) is 14.4. The van der Waals surface area contributed by atoms with Crippen LogP contribution in [0.15, 0.2) is 60.7 Å². The third kappa shape index (κ3) is 10.4. The summed E-state index contributed by atoms with van der Waals surface area (Å²) in [4.78, 5) is 6.57. The van der Waals surface area contributed by atoms with E-state index in [4.69, 9.17) is 0 Å². The van der Waals surface area contributed by atoms with E-state index in [0.717, 1.165) is 112 Å². The van der Waals surface area contributed by atoms with Crippen LogP contribution in [-0.4, -0.2) is 9.97 Å². The van der Waals surface area contributed by atoms with Gasteiger partial charge in [0, 0.05) is 11.1 Å². The fourth-order valence-corrected chi connectivity index (χ4v) is 7.96. The van der Waals surface area contributed by atoms with Crippen LogP contribution in [0, 0.1) is 35.4 Å². The fraction of sp³-hybridized carbons (Fsp3) is 0.488. The molecule has 6 rings (SSSR count). The molecule has 0 radical (unpaired) electrons. The van der Waals surface area contributed by atoms with Gasteiger partial charge >= 0.3 is 0 Å². The molecule has 2 aliphatic rings. The summed E-state index contributed by atoms with van der Waals surface area (Å²) >= 11 is 0. The first kappa shape index (κ1) is 38.5. The summed E-state index contributed by atoms with van der Waals surface area (Å²) in [7, 11) is 0. The van der Waals surface area contributed by atoms with Crippen molar-refractivity contribution < 1.29 is 26.3 Å². The van der Waals surface area contributed by atoms with Crippen molar-refractivity contribution in [2.45, 2.75) is 134 Å². The normalized spacial score (nSPS) is 20.5. The maximum Gasteiger partial charge on any atom is 0.218 e. The van der Waals surface area contributed by atoms with Gasteiger partial charge in [-0.2, -0.15) is 27.5 Å². The van der Waals surface area contributed by atoms with E-state index >= 15 is 0 Å². The lowest BCUT2D eigenvalue weighted by molar-refractivity contribution is 0.374. The second-order valence-corrected chi connectivity index (χ2v) is 14.4. The van der Waals surface area contributed by atoms with E-state index in [1.165, 1.54) is 30.7 Å². The van der Waals surface area contributed by atoms with E-state index in [-0.39, 0.29) is 35.3 Å². The number of hydrogen-bond acceptors (Lipinski definition) is 2. The lowest BCUT2D eigenvalue weighted by Gasteiger charge is -2.29. The molecular weight excluding hydrogens is 658 g/mol. The van der Waals surface area contributed by atoms with Crippen LogP contribution in [-0.2, 0) is 12.8 Å². The van der Waals surface area contributed by atoms with Crippen molar-refractivity contribution in [2.75, 3.05) is 0 Å². The highest BCUT2D eigenvalue weighted by atomic mass is 19.2. The number of pyridine rings is 2. The number of halogens is 6. The van der Waals surface area contributed by atoms with Gasteiger partial charge in [0.2, 0.25) is 23.8 Å². The fourth-order valence-electron chi connectivity index (χ4n) is 7.96. The third-order valence-corrected chi connectivity index (χ3v) is 10.9. The summed E-state index contributed by atoms with van der Waals surface area (Å²) in [6.07, 6.45) is 13.8. The average molecular weight is 709 g/mol. The van der Waals surface area contributed by atoms with Gasteiger partial charge in [-0.3, -0.25) is 0 Å². The predicted octanol–water partition coefficient (Wildman–Crippen LogP) is 13.0. The van der Waals surface area contributed by atoms with Gasteiger partial charge in [-0.05, 0) is 159 Å². The Hall–Kier alpha value is -3.68. The van der Waals surface area contributed by atoms with Crippen LogP contribution in [0.4, 0.5) is 26.3 Å².